The highest BCUT2D eigenvalue weighted by molar-refractivity contribution is 8.00. The number of nitrogens with zero attached hydrogens (tertiary/aromatic N) is 1. The third-order valence-corrected chi connectivity index (χ3v) is 5.61. The summed E-state index contributed by atoms with van der Waals surface area (Å²) in [6.07, 6.45) is 1.09. The van der Waals surface area contributed by atoms with Gasteiger partial charge in [0.2, 0.25) is 0 Å². The van der Waals surface area contributed by atoms with Gasteiger partial charge in [-0.15, -0.1) is 0 Å². The molecule has 0 spiro atoms. The highest BCUT2D eigenvalue weighted by Gasteiger charge is 2.34. The number of carboxylic acid groups (broad SMARTS) is 1. The lowest BCUT2D eigenvalue weighted by Gasteiger charge is -2.34. The van der Waals surface area contributed by atoms with Crippen molar-refractivity contribution in [2.45, 2.75) is 18.7 Å². The summed E-state index contributed by atoms with van der Waals surface area (Å²) in [6.45, 7) is 2.31. The standard InChI is InChI=1S/C11H20N2O5S2/c1-8(5-10(14)15)6-12-11(16)13-3-4-19-7-9(13)20(2,17)18/h8-9H,3-7H2,1-2H3,(H,12,16)(H,14,15). The lowest BCUT2D eigenvalue weighted by Crippen LogP contribution is -2.53. The Bertz CT molecular complexity index is 465. The first-order valence-electron chi connectivity index (χ1n) is 6.24. The summed E-state index contributed by atoms with van der Waals surface area (Å²) >= 11 is 1.51. The van der Waals surface area contributed by atoms with E-state index in [1.807, 2.05) is 0 Å². The molecule has 0 aromatic rings. The van der Waals surface area contributed by atoms with Crippen molar-refractivity contribution in [1.29, 1.82) is 0 Å². The molecule has 20 heavy (non-hydrogen) atoms. The van der Waals surface area contributed by atoms with Crippen LogP contribution in [0.5, 0.6) is 0 Å². The van der Waals surface area contributed by atoms with Gasteiger partial charge in [-0.3, -0.25) is 4.79 Å². The number of thioether (sulfide) groups is 1. The van der Waals surface area contributed by atoms with Gasteiger partial charge in [-0.1, -0.05) is 6.92 Å². The van der Waals surface area contributed by atoms with E-state index in [4.69, 9.17) is 5.11 Å². The van der Waals surface area contributed by atoms with Crippen LogP contribution in [0.4, 0.5) is 4.79 Å². The summed E-state index contributed by atoms with van der Waals surface area (Å²) in [5, 5.41) is 10.4. The fraction of sp³-hybridized carbons (Fsp3) is 0.818. The molecule has 2 atom stereocenters. The molecule has 1 aliphatic heterocycles. The molecule has 9 heteroatoms. The minimum absolute atomic E-state index is 0.0361. The molecular weight excluding hydrogens is 304 g/mol. The topological polar surface area (TPSA) is 104 Å². The fourth-order valence-electron chi connectivity index (χ4n) is 1.90. The van der Waals surface area contributed by atoms with E-state index in [2.05, 4.69) is 5.32 Å². The quantitative estimate of drug-likeness (QED) is 0.750. The Morgan fingerprint density at radius 1 is 1.50 bits per heavy atom. The van der Waals surface area contributed by atoms with E-state index in [0.717, 1.165) is 6.26 Å². The highest BCUT2D eigenvalue weighted by atomic mass is 32.2. The van der Waals surface area contributed by atoms with Gasteiger partial charge in [0.15, 0.2) is 9.84 Å². The number of carbonyl (C=O) groups is 2. The van der Waals surface area contributed by atoms with E-state index in [-0.39, 0.29) is 18.9 Å². The summed E-state index contributed by atoms with van der Waals surface area (Å²) in [6, 6.07) is -0.446. The van der Waals surface area contributed by atoms with Crippen molar-refractivity contribution >= 4 is 33.6 Å². The monoisotopic (exact) mass is 324 g/mol. The number of carboxylic acids is 1. The molecule has 2 unspecified atom stereocenters. The molecule has 2 N–H and O–H groups in total. The Labute approximate surface area is 123 Å². The smallest absolute Gasteiger partial charge is 0.318 e. The van der Waals surface area contributed by atoms with E-state index in [0.29, 0.717) is 18.1 Å². The van der Waals surface area contributed by atoms with Crippen molar-refractivity contribution in [1.82, 2.24) is 10.2 Å². The van der Waals surface area contributed by atoms with Crippen LogP contribution >= 0.6 is 11.8 Å². The molecule has 1 fully saturated rings. The minimum atomic E-state index is -3.33. The van der Waals surface area contributed by atoms with Gasteiger partial charge in [0.05, 0.1) is 0 Å². The van der Waals surface area contributed by atoms with E-state index in [9.17, 15) is 18.0 Å². The van der Waals surface area contributed by atoms with E-state index in [1.54, 1.807) is 6.92 Å². The summed E-state index contributed by atoms with van der Waals surface area (Å²) in [7, 11) is -3.33. The Morgan fingerprint density at radius 2 is 2.15 bits per heavy atom. The van der Waals surface area contributed by atoms with E-state index < -0.39 is 27.2 Å². The average molecular weight is 324 g/mol. The maximum absolute atomic E-state index is 12.0. The lowest BCUT2D eigenvalue weighted by atomic mass is 10.1. The van der Waals surface area contributed by atoms with Gasteiger partial charge in [0, 0.05) is 37.3 Å². The largest absolute Gasteiger partial charge is 0.481 e. The number of rotatable bonds is 5. The highest BCUT2D eigenvalue weighted by Crippen LogP contribution is 2.20. The van der Waals surface area contributed by atoms with E-state index in [1.165, 1.54) is 16.7 Å². The van der Waals surface area contributed by atoms with E-state index >= 15 is 0 Å². The molecule has 0 aliphatic carbocycles. The van der Waals surface area contributed by atoms with Crippen molar-refractivity contribution in [3.63, 3.8) is 0 Å². The van der Waals surface area contributed by atoms with Crippen LogP contribution in [0.3, 0.4) is 0 Å². The van der Waals surface area contributed by atoms with Crippen LogP contribution in [-0.4, -0.2) is 66.6 Å². The van der Waals surface area contributed by atoms with Crippen LogP contribution in [0.2, 0.25) is 0 Å². The van der Waals surface area contributed by atoms with Crippen LogP contribution in [0.25, 0.3) is 0 Å². The molecule has 7 nitrogen and oxygen atoms in total. The first kappa shape index (κ1) is 17.1. The van der Waals surface area contributed by atoms with Crippen LogP contribution in [0.15, 0.2) is 0 Å². The second-order valence-corrected chi connectivity index (χ2v) is 8.29. The molecule has 0 aromatic heterocycles. The molecule has 0 saturated carbocycles. The molecule has 0 bridgehead atoms. The Kier molecular flexibility index (Phi) is 6.12. The lowest BCUT2D eigenvalue weighted by molar-refractivity contribution is -0.137. The van der Waals surface area contributed by atoms with Crippen molar-refractivity contribution in [2.75, 3.05) is 30.9 Å². The number of amides is 2. The van der Waals surface area contributed by atoms with Crippen molar-refractivity contribution in [3.8, 4) is 0 Å². The van der Waals surface area contributed by atoms with Crippen LogP contribution in [0.1, 0.15) is 13.3 Å². The number of carbonyl (C=O) groups excluding carboxylic acids is 1. The van der Waals surface area contributed by atoms with Crippen molar-refractivity contribution in [2.24, 2.45) is 5.92 Å². The van der Waals surface area contributed by atoms with Gasteiger partial charge in [-0.25, -0.2) is 13.2 Å². The van der Waals surface area contributed by atoms with Crippen LogP contribution in [-0.2, 0) is 14.6 Å². The van der Waals surface area contributed by atoms with Gasteiger partial charge in [-0.05, 0) is 5.92 Å². The normalized spacial score (nSPS) is 21.3. The van der Waals surface area contributed by atoms with Gasteiger partial charge < -0.3 is 15.3 Å². The minimum Gasteiger partial charge on any atom is -0.481 e. The summed E-state index contributed by atoms with van der Waals surface area (Å²) in [4.78, 5) is 23.9. The van der Waals surface area contributed by atoms with Crippen molar-refractivity contribution < 1.29 is 23.1 Å². The Morgan fingerprint density at radius 3 is 2.70 bits per heavy atom. The van der Waals surface area contributed by atoms with Crippen molar-refractivity contribution in [3.05, 3.63) is 0 Å². The number of aliphatic carboxylic acids is 1. The molecule has 1 rings (SSSR count). The summed E-state index contributed by atoms with van der Waals surface area (Å²) in [5.41, 5.74) is 0. The first-order chi connectivity index (χ1) is 9.21. The molecule has 0 radical (unpaired) electrons. The second-order valence-electron chi connectivity index (χ2n) is 4.94. The molecule has 1 saturated heterocycles. The number of nitrogens with one attached hydrogen (secondary N) is 1. The second kappa shape index (κ2) is 7.16. The maximum atomic E-state index is 12.0. The molecule has 116 valence electrons. The molecule has 0 aromatic carbocycles. The zero-order valence-electron chi connectivity index (χ0n) is 11.5. The van der Waals surface area contributed by atoms with Gasteiger partial charge in [-0.2, -0.15) is 11.8 Å². The number of sulfone groups is 1. The Hall–Kier alpha value is -0.960. The first-order valence-corrected chi connectivity index (χ1v) is 9.35. The average Bonchev–Trinajstić information content (AvgIpc) is 2.34. The Balaban J connectivity index is 2.58. The maximum Gasteiger partial charge on any atom is 0.318 e. The predicted molar refractivity (Wildman–Crippen MR) is 77.5 cm³/mol. The zero-order chi connectivity index (χ0) is 15.3. The number of hydrogen-bond donors (Lipinski definition) is 2. The molecular formula is C11H20N2O5S2. The molecule has 2 amide bonds. The van der Waals surface area contributed by atoms with Crippen LogP contribution < -0.4 is 5.32 Å². The zero-order valence-corrected chi connectivity index (χ0v) is 13.2. The number of urea groups is 1. The summed E-state index contributed by atoms with van der Waals surface area (Å²) in [5.74, 6) is -0.0523. The van der Waals surface area contributed by atoms with Gasteiger partial charge >= 0.3 is 12.0 Å². The molecule has 1 heterocycles. The SMILES string of the molecule is CC(CNC(=O)N1CCSCC1S(C)(=O)=O)CC(=O)O. The summed E-state index contributed by atoms with van der Waals surface area (Å²) < 4.78 is 23.3. The van der Waals surface area contributed by atoms with Crippen LogP contribution in [0, 0.1) is 5.92 Å². The third-order valence-electron chi connectivity index (χ3n) is 2.96. The fourth-order valence-corrected chi connectivity index (χ4v) is 4.72. The molecule has 1 aliphatic rings. The van der Waals surface area contributed by atoms with Gasteiger partial charge in [0.25, 0.3) is 0 Å². The number of hydrogen-bond acceptors (Lipinski definition) is 5. The predicted octanol–water partition coefficient (Wildman–Crippen LogP) is 0.226. The van der Waals surface area contributed by atoms with Gasteiger partial charge in [0.1, 0.15) is 5.37 Å². The third kappa shape index (κ3) is 5.20.